The molecule has 0 aliphatic rings. The van der Waals surface area contributed by atoms with Gasteiger partial charge >= 0.3 is 0 Å². The van der Waals surface area contributed by atoms with Crippen LogP contribution in [0.4, 0.5) is 0 Å². The summed E-state index contributed by atoms with van der Waals surface area (Å²) in [6.45, 7) is 4.10. The topological polar surface area (TPSA) is 34.9 Å². The summed E-state index contributed by atoms with van der Waals surface area (Å²) in [6.07, 6.45) is 2.01. The first-order chi connectivity index (χ1) is 9.65. The fourth-order valence-electron chi connectivity index (χ4n) is 2.32. The second kappa shape index (κ2) is 4.93. The third-order valence-electron chi connectivity index (χ3n) is 3.63. The Morgan fingerprint density at radius 2 is 1.80 bits per heavy atom. The first-order valence-electron chi connectivity index (χ1n) is 6.66. The van der Waals surface area contributed by atoms with Crippen LogP contribution < -0.4 is 0 Å². The molecule has 3 aromatic rings. The van der Waals surface area contributed by atoms with Crippen molar-refractivity contribution in [3.8, 4) is 0 Å². The first-order valence-corrected chi connectivity index (χ1v) is 6.66. The molecule has 3 rings (SSSR count). The van der Waals surface area contributed by atoms with Crippen molar-refractivity contribution in [2.75, 3.05) is 0 Å². The average molecular weight is 264 g/mol. The van der Waals surface area contributed by atoms with Gasteiger partial charge in [0.15, 0.2) is 0 Å². The van der Waals surface area contributed by atoms with E-state index in [1.54, 1.807) is 10.9 Å². The average Bonchev–Trinajstić information content (AvgIpc) is 2.83. The van der Waals surface area contributed by atoms with E-state index in [2.05, 4.69) is 11.9 Å². The number of hydrogen-bond acceptors (Lipinski definition) is 2. The van der Waals surface area contributed by atoms with Gasteiger partial charge in [-0.1, -0.05) is 30.3 Å². The number of aryl methyl sites for hydroxylation is 2. The lowest BCUT2D eigenvalue weighted by atomic mass is 10.1. The number of fused-ring (bicyclic) bond motifs is 1. The van der Waals surface area contributed by atoms with Gasteiger partial charge < -0.3 is 0 Å². The van der Waals surface area contributed by atoms with E-state index in [4.69, 9.17) is 0 Å². The van der Waals surface area contributed by atoms with E-state index >= 15 is 0 Å². The molecule has 20 heavy (non-hydrogen) atoms. The Morgan fingerprint density at radius 3 is 2.55 bits per heavy atom. The number of rotatable bonds is 2. The highest BCUT2D eigenvalue weighted by Gasteiger charge is 2.11. The number of carbonyl (C=O) groups excluding carboxylic acids is 1. The van der Waals surface area contributed by atoms with Gasteiger partial charge in [0.25, 0.3) is 0 Å². The third-order valence-corrected chi connectivity index (χ3v) is 3.63. The summed E-state index contributed by atoms with van der Waals surface area (Å²) in [4.78, 5) is 16.7. The number of benzene rings is 2. The summed E-state index contributed by atoms with van der Waals surface area (Å²) in [7, 11) is 0. The third kappa shape index (κ3) is 2.23. The summed E-state index contributed by atoms with van der Waals surface area (Å²) < 4.78 is 1.65. The highest BCUT2D eigenvalue weighted by atomic mass is 16.2. The lowest BCUT2D eigenvalue weighted by Gasteiger charge is -2.05. The van der Waals surface area contributed by atoms with E-state index in [1.807, 2.05) is 49.4 Å². The van der Waals surface area contributed by atoms with Gasteiger partial charge in [0.1, 0.15) is 6.33 Å². The Morgan fingerprint density at radius 1 is 1.10 bits per heavy atom. The van der Waals surface area contributed by atoms with E-state index < -0.39 is 0 Å². The molecule has 0 aliphatic carbocycles. The molecule has 0 radical (unpaired) electrons. The number of aromatic nitrogens is 2. The zero-order chi connectivity index (χ0) is 14.1. The lowest BCUT2D eigenvalue weighted by molar-refractivity contribution is 0.0919. The highest BCUT2D eigenvalue weighted by Crippen LogP contribution is 2.18. The van der Waals surface area contributed by atoms with Crippen molar-refractivity contribution in [1.29, 1.82) is 0 Å². The Balaban J connectivity index is 1.98. The predicted octanol–water partition coefficient (Wildman–Crippen LogP) is 3.54. The van der Waals surface area contributed by atoms with Crippen molar-refractivity contribution in [2.24, 2.45) is 0 Å². The maximum atomic E-state index is 12.4. The molecule has 0 saturated heterocycles. The minimum atomic E-state index is 0.0435. The quantitative estimate of drug-likeness (QED) is 0.709. The van der Waals surface area contributed by atoms with Gasteiger partial charge in [0.2, 0.25) is 5.91 Å². The largest absolute Gasteiger partial charge is 0.274 e. The molecule has 100 valence electrons. The zero-order valence-corrected chi connectivity index (χ0v) is 11.6. The molecule has 1 aromatic heterocycles. The summed E-state index contributed by atoms with van der Waals surface area (Å²) in [5, 5.41) is 0. The van der Waals surface area contributed by atoms with Crippen molar-refractivity contribution < 1.29 is 4.79 Å². The molecular formula is C17H16N2O. The van der Waals surface area contributed by atoms with Gasteiger partial charge in [-0.2, -0.15) is 0 Å². The number of imidazole rings is 1. The van der Waals surface area contributed by atoms with Crippen molar-refractivity contribution in [2.45, 2.75) is 20.3 Å². The standard InChI is InChI=1S/C17H16N2O/c1-12-8-15-16(9-13(12)2)19(11-18-15)17(20)10-14-6-4-3-5-7-14/h3-9,11H,10H2,1-2H3. The second-order valence-electron chi connectivity index (χ2n) is 5.10. The van der Waals surface area contributed by atoms with Crippen LogP contribution in [-0.4, -0.2) is 15.5 Å². The van der Waals surface area contributed by atoms with Crippen molar-refractivity contribution in [3.63, 3.8) is 0 Å². The SMILES string of the molecule is Cc1cc2ncn(C(=O)Cc3ccccc3)c2cc1C. The highest BCUT2D eigenvalue weighted by molar-refractivity contribution is 5.91. The fourth-order valence-corrected chi connectivity index (χ4v) is 2.32. The summed E-state index contributed by atoms with van der Waals surface area (Å²) in [5.41, 5.74) is 5.14. The van der Waals surface area contributed by atoms with Crippen molar-refractivity contribution in [1.82, 2.24) is 9.55 Å². The minimum absolute atomic E-state index is 0.0435. The molecule has 3 heteroatoms. The fraction of sp³-hybridized carbons (Fsp3) is 0.176. The van der Waals surface area contributed by atoms with E-state index in [0.29, 0.717) is 6.42 Å². The number of nitrogens with zero attached hydrogens (tertiary/aromatic N) is 2. The van der Waals surface area contributed by atoms with Crippen LogP contribution in [0.25, 0.3) is 11.0 Å². The van der Waals surface area contributed by atoms with E-state index in [-0.39, 0.29) is 5.91 Å². The van der Waals surface area contributed by atoms with Gasteiger partial charge in [-0.3, -0.25) is 9.36 Å². The molecule has 3 nitrogen and oxygen atoms in total. The first kappa shape index (κ1) is 12.6. The molecule has 2 aromatic carbocycles. The molecule has 0 saturated carbocycles. The molecule has 0 aliphatic heterocycles. The van der Waals surface area contributed by atoms with Gasteiger partial charge in [-0.05, 0) is 42.7 Å². The summed E-state index contributed by atoms with van der Waals surface area (Å²) >= 11 is 0. The van der Waals surface area contributed by atoms with Gasteiger partial charge in [-0.15, -0.1) is 0 Å². The van der Waals surface area contributed by atoms with E-state index in [1.165, 1.54) is 11.1 Å². The molecule has 0 amide bonds. The zero-order valence-electron chi connectivity index (χ0n) is 11.6. The van der Waals surface area contributed by atoms with Crippen LogP contribution in [0, 0.1) is 13.8 Å². The van der Waals surface area contributed by atoms with Crippen LogP contribution in [0.5, 0.6) is 0 Å². The van der Waals surface area contributed by atoms with Gasteiger partial charge in [-0.25, -0.2) is 4.98 Å². The number of hydrogen-bond donors (Lipinski definition) is 0. The van der Waals surface area contributed by atoms with E-state index in [0.717, 1.165) is 16.6 Å². The van der Waals surface area contributed by atoms with Crippen molar-refractivity contribution in [3.05, 3.63) is 65.5 Å². The molecule has 0 unspecified atom stereocenters. The Kier molecular flexibility index (Phi) is 3.11. The molecule has 1 heterocycles. The Labute approximate surface area is 117 Å². The lowest BCUT2D eigenvalue weighted by Crippen LogP contribution is -2.12. The monoisotopic (exact) mass is 264 g/mol. The second-order valence-corrected chi connectivity index (χ2v) is 5.10. The van der Waals surface area contributed by atoms with Crippen LogP contribution in [0.1, 0.15) is 21.5 Å². The van der Waals surface area contributed by atoms with Crippen LogP contribution in [0.2, 0.25) is 0 Å². The summed E-state index contributed by atoms with van der Waals surface area (Å²) in [5.74, 6) is 0.0435. The smallest absolute Gasteiger partial charge is 0.236 e. The maximum absolute atomic E-state index is 12.4. The maximum Gasteiger partial charge on any atom is 0.236 e. The number of carbonyl (C=O) groups is 1. The van der Waals surface area contributed by atoms with Crippen LogP contribution in [0.15, 0.2) is 48.8 Å². The van der Waals surface area contributed by atoms with Crippen LogP contribution in [-0.2, 0) is 6.42 Å². The normalized spacial score (nSPS) is 10.9. The molecular weight excluding hydrogens is 248 g/mol. The molecule has 0 bridgehead atoms. The molecule has 0 N–H and O–H groups in total. The minimum Gasteiger partial charge on any atom is -0.274 e. The Bertz CT molecular complexity index is 772. The van der Waals surface area contributed by atoms with Gasteiger partial charge in [0.05, 0.1) is 17.5 Å². The van der Waals surface area contributed by atoms with Crippen molar-refractivity contribution >= 4 is 16.9 Å². The molecule has 0 atom stereocenters. The Hall–Kier alpha value is -2.42. The molecule has 0 fully saturated rings. The summed E-state index contributed by atoms with van der Waals surface area (Å²) in [6, 6.07) is 13.8. The predicted molar refractivity (Wildman–Crippen MR) is 80.0 cm³/mol. The van der Waals surface area contributed by atoms with E-state index in [9.17, 15) is 4.79 Å². The van der Waals surface area contributed by atoms with Gasteiger partial charge in [0, 0.05) is 0 Å². The van der Waals surface area contributed by atoms with Crippen LogP contribution >= 0.6 is 0 Å². The molecule has 0 spiro atoms. The van der Waals surface area contributed by atoms with Crippen LogP contribution in [0.3, 0.4) is 0 Å².